The average Bonchev–Trinajstić information content (AvgIpc) is 2.22. The molecule has 132 valence electrons. The zero-order valence-corrected chi connectivity index (χ0v) is 18.4. The Hall–Kier alpha value is 2.57. The van der Waals surface area contributed by atoms with E-state index in [9.17, 15) is 4.79 Å². The minimum Gasteiger partial charge on any atom is -0.301 e. The van der Waals surface area contributed by atoms with Crippen molar-refractivity contribution in [2.75, 3.05) is 0 Å². The van der Waals surface area contributed by atoms with Gasteiger partial charge in [-0.15, -0.1) is 46.4 Å². The van der Waals surface area contributed by atoms with Crippen molar-refractivity contribution >= 4 is 122 Å². The van der Waals surface area contributed by atoms with Gasteiger partial charge >= 0.3 is 0 Å². The van der Waals surface area contributed by atoms with E-state index in [4.69, 9.17) is 116 Å². The molecule has 0 bridgehead atoms. The van der Waals surface area contributed by atoms with Gasteiger partial charge < -0.3 is 4.79 Å². The van der Waals surface area contributed by atoms with Crippen LogP contribution in [0.5, 0.6) is 0 Å². The molecule has 0 heterocycles. The molecule has 0 N–H and O–H groups in total. The normalized spacial score (nSPS) is 20.1. The molecular weight excluding hydrogens is 503 g/mol. The SMILES string of the molecule is O=CC(Cl)(CC(Cl)CC(Cl)(Cl)Cl)C(Cl)CC(Cl)CC(Cl)(Cl)Cl. The highest BCUT2D eigenvalue weighted by Crippen LogP contribution is 2.40. The molecule has 22 heavy (non-hydrogen) atoms. The summed E-state index contributed by atoms with van der Waals surface area (Å²) < 4.78 is -3.08. The van der Waals surface area contributed by atoms with Crippen LogP contribution in [-0.4, -0.2) is 34.9 Å². The maximum absolute atomic E-state index is 11.3. The van der Waals surface area contributed by atoms with Crippen molar-refractivity contribution in [3.63, 3.8) is 0 Å². The summed E-state index contributed by atoms with van der Waals surface area (Å²) in [6.45, 7) is 0. The third-order valence-electron chi connectivity index (χ3n) is 2.62. The van der Waals surface area contributed by atoms with E-state index in [-0.39, 0.29) is 25.7 Å². The van der Waals surface area contributed by atoms with E-state index in [0.717, 1.165) is 0 Å². The third-order valence-corrected chi connectivity index (χ3v) is 5.37. The first kappa shape index (κ1) is 24.6. The van der Waals surface area contributed by atoms with Gasteiger partial charge in [0.1, 0.15) is 11.2 Å². The van der Waals surface area contributed by atoms with Crippen LogP contribution < -0.4 is 0 Å². The molecule has 0 saturated heterocycles. The average molecular weight is 515 g/mol. The van der Waals surface area contributed by atoms with Gasteiger partial charge in [0.05, 0.1) is 5.38 Å². The number of halogens is 10. The van der Waals surface area contributed by atoms with E-state index < -0.39 is 28.6 Å². The monoisotopic (exact) mass is 510 g/mol. The van der Waals surface area contributed by atoms with Gasteiger partial charge in [0.2, 0.25) is 0 Å². The van der Waals surface area contributed by atoms with Crippen LogP contribution in [-0.2, 0) is 4.79 Å². The minimum absolute atomic E-state index is 0.000928. The quantitative estimate of drug-likeness (QED) is 0.246. The molecule has 4 unspecified atom stereocenters. The van der Waals surface area contributed by atoms with Crippen LogP contribution >= 0.6 is 116 Å². The van der Waals surface area contributed by atoms with Crippen LogP contribution in [0.15, 0.2) is 0 Å². The van der Waals surface area contributed by atoms with Gasteiger partial charge in [0, 0.05) is 23.6 Å². The Labute approximate surface area is 180 Å². The van der Waals surface area contributed by atoms with Crippen molar-refractivity contribution in [1.29, 1.82) is 0 Å². The Balaban J connectivity index is 4.73. The Kier molecular flexibility index (Phi) is 11.2. The van der Waals surface area contributed by atoms with Crippen molar-refractivity contribution in [2.24, 2.45) is 0 Å². The summed E-state index contributed by atoms with van der Waals surface area (Å²) in [7, 11) is 0. The molecule has 0 aliphatic rings. The van der Waals surface area contributed by atoms with Crippen LogP contribution in [0.3, 0.4) is 0 Å². The summed E-state index contributed by atoms with van der Waals surface area (Å²) in [5.41, 5.74) is 0. The number of carbonyl (C=O) groups is 1. The molecule has 0 spiro atoms. The molecule has 0 amide bonds. The zero-order chi connectivity index (χ0) is 17.8. The largest absolute Gasteiger partial charge is 0.301 e. The predicted molar refractivity (Wildman–Crippen MR) is 103 cm³/mol. The Morgan fingerprint density at radius 3 is 1.50 bits per heavy atom. The van der Waals surface area contributed by atoms with Crippen molar-refractivity contribution in [3.8, 4) is 0 Å². The molecule has 0 aromatic heterocycles. The molecule has 11 heteroatoms. The molecule has 0 aromatic rings. The van der Waals surface area contributed by atoms with E-state index in [1.54, 1.807) is 0 Å². The molecule has 0 aliphatic carbocycles. The number of aldehydes is 1. The second-order valence-corrected chi connectivity index (χ2v) is 12.3. The van der Waals surface area contributed by atoms with E-state index in [2.05, 4.69) is 0 Å². The first-order valence-electron chi connectivity index (χ1n) is 5.89. The standard InChI is InChI=1S/C11H12Cl10O/c12-6(3-10(16,17)18)1-8(14)9(15,5-22)2-7(13)4-11(19,20)21/h5-8H,1-4H2. The summed E-state index contributed by atoms with van der Waals surface area (Å²) in [6.07, 6.45) is 0.685. The summed E-state index contributed by atoms with van der Waals surface area (Å²) in [4.78, 5) is 9.87. The fraction of sp³-hybridized carbons (Fsp3) is 0.909. The lowest BCUT2D eigenvalue weighted by Crippen LogP contribution is -2.39. The van der Waals surface area contributed by atoms with Crippen LogP contribution in [0, 0.1) is 0 Å². The van der Waals surface area contributed by atoms with Gasteiger partial charge in [-0.05, 0) is 12.8 Å². The number of alkyl halides is 10. The van der Waals surface area contributed by atoms with Gasteiger partial charge in [0.15, 0.2) is 7.59 Å². The first-order valence-corrected chi connectivity index (χ1v) is 9.85. The number of hydrogen-bond acceptors (Lipinski definition) is 1. The zero-order valence-electron chi connectivity index (χ0n) is 10.8. The smallest absolute Gasteiger partial charge is 0.192 e. The lowest BCUT2D eigenvalue weighted by atomic mass is 9.95. The summed E-state index contributed by atoms with van der Waals surface area (Å²) >= 11 is 58.5. The lowest BCUT2D eigenvalue weighted by Gasteiger charge is -2.30. The minimum atomic E-state index is -1.56. The molecule has 0 fully saturated rings. The molecule has 0 rings (SSSR count). The molecule has 0 saturated carbocycles. The second kappa shape index (κ2) is 10.0. The van der Waals surface area contributed by atoms with E-state index in [0.29, 0.717) is 6.29 Å². The van der Waals surface area contributed by atoms with Crippen LogP contribution in [0.2, 0.25) is 0 Å². The predicted octanol–water partition coefficient (Wildman–Crippen LogP) is 7.29. The maximum Gasteiger partial charge on any atom is 0.192 e. The fourth-order valence-corrected chi connectivity index (χ4v) is 4.96. The van der Waals surface area contributed by atoms with E-state index >= 15 is 0 Å². The first-order chi connectivity index (χ1) is 9.68. The highest BCUT2D eigenvalue weighted by atomic mass is 35.6. The second-order valence-electron chi connectivity index (χ2n) is 4.79. The lowest BCUT2D eigenvalue weighted by molar-refractivity contribution is -0.110. The topological polar surface area (TPSA) is 17.1 Å². The number of rotatable bonds is 8. The van der Waals surface area contributed by atoms with Gasteiger partial charge in [-0.2, -0.15) is 0 Å². The van der Waals surface area contributed by atoms with Gasteiger partial charge in [-0.1, -0.05) is 69.6 Å². The summed E-state index contributed by atoms with van der Waals surface area (Å²) in [6, 6.07) is 0. The number of carbonyl (C=O) groups excluding carboxylic acids is 1. The Morgan fingerprint density at radius 1 is 0.727 bits per heavy atom. The summed E-state index contributed by atoms with van der Waals surface area (Å²) in [5, 5.41) is -2.09. The van der Waals surface area contributed by atoms with Gasteiger partial charge in [-0.3, -0.25) is 0 Å². The Morgan fingerprint density at radius 2 is 1.14 bits per heavy atom. The number of hydrogen-bond donors (Lipinski definition) is 0. The highest BCUT2D eigenvalue weighted by Gasteiger charge is 2.41. The maximum atomic E-state index is 11.3. The molecule has 4 atom stereocenters. The van der Waals surface area contributed by atoms with Crippen LogP contribution in [0.1, 0.15) is 25.7 Å². The van der Waals surface area contributed by atoms with Crippen molar-refractivity contribution in [2.45, 2.75) is 54.3 Å². The van der Waals surface area contributed by atoms with Crippen LogP contribution in [0.25, 0.3) is 0 Å². The van der Waals surface area contributed by atoms with Crippen molar-refractivity contribution in [3.05, 3.63) is 0 Å². The fourth-order valence-electron chi connectivity index (χ4n) is 1.67. The van der Waals surface area contributed by atoms with Crippen LogP contribution in [0.4, 0.5) is 0 Å². The van der Waals surface area contributed by atoms with Crippen molar-refractivity contribution in [1.82, 2.24) is 0 Å². The van der Waals surface area contributed by atoms with Gasteiger partial charge in [0.25, 0.3) is 0 Å². The summed E-state index contributed by atoms with van der Waals surface area (Å²) in [5.74, 6) is 0. The molecule has 0 radical (unpaired) electrons. The Bertz CT molecular complexity index is 352. The molecule has 1 nitrogen and oxygen atoms in total. The third kappa shape index (κ3) is 11.2. The van der Waals surface area contributed by atoms with Crippen molar-refractivity contribution < 1.29 is 4.79 Å². The molecular formula is C11H12Cl10O. The van der Waals surface area contributed by atoms with E-state index in [1.165, 1.54) is 0 Å². The molecule has 0 aliphatic heterocycles. The molecule has 0 aromatic carbocycles. The highest BCUT2D eigenvalue weighted by molar-refractivity contribution is 6.68. The van der Waals surface area contributed by atoms with Gasteiger partial charge in [-0.25, -0.2) is 0 Å². The van der Waals surface area contributed by atoms with E-state index in [1.807, 2.05) is 0 Å².